The molecule has 0 unspecified atom stereocenters. The first-order valence-electron chi connectivity index (χ1n) is 5.03. The number of hydrogen-bond acceptors (Lipinski definition) is 3. The van der Waals surface area contributed by atoms with Gasteiger partial charge in [-0.2, -0.15) is 0 Å². The summed E-state index contributed by atoms with van der Waals surface area (Å²) in [6, 6.07) is 8.11. The van der Waals surface area contributed by atoms with Gasteiger partial charge in [0.05, 0.1) is 6.61 Å². The van der Waals surface area contributed by atoms with Crippen molar-refractivity contribution in [2.75, 3.05) is 6.61 Å². The van der Waals surface area contributed by atoms with Crippen molar-refractivity contribution in [3.05, 3.63) is 29.8 Å². The molecular weight excluding hydrogens is 208 g/mol. The maximum Gasteiger partial charge on any atom is 0.319 e. The van der Waals surface area contributed by atoms with Crippen LogP contribution in [0, 0.1) is 6.92 Å². The Kier molecular flexibility index (Phi) is 4.69. The minimum Gasteiger partial charge on any atom is -0.465 e. The number of thioether (sulfide) groups is 1. The molecular formula is C12H16O2S. The van der Waals surface area contributed by atoms with E-state index in [1.807, 2.05) is 39.0 Å². The number of rotatable bonds is 4. The molecule has 0 aliphatic rings. The molecule has 0 radical (unpaired) electrons. The van der Waals surface area contributed by atoms with Crippen molar-refractivity contribution in [3.8, 4) is 0 Å². The van der Waals surface area contributed by atoms with Crippen molar-refractivity contribution in [3.63, 3.8) is 0 Å². The maximum atomic E-state index is 11.4. The van der Waals surface area contributed by atoms with E-state index in [1.54, 1.807) is 0 Å². The second-order valence-electron chi connectivity index (χ2n) is 3.33. The van der Waals surface area contributed by atoms with Crippen molar-refractivity contribution >= 4 is 17.7 Å². The first-order valence-corrected chi connectivity index (χ1v) is 5.91. The SMILES string of the molecule is CCOC(=O)[C@@H](C)Sc1cccc(C)c1. The molecule has 0 heterocycles. The van der Waals surface area contributed by atoms with Crippen LogP contribution in [0.25, 0.3) is 0 Å². The zero-order valence-corrected chi connectivity index (χ0v) is 10.1. The minimum absolute atomic E-state index is 0.147. The highest BCUT2D eigenvalue weighted by Crippen LogP contribution is 2.24. The largest absolute Gasteiger partial charge is 0.465 e. The van der Waals surface area contributed by atoms with Crippen LogP contribution in [0.1, 0.15) is 19.4 Å². The zero-order valence-electron chi connectivity index (χ0n) is 9.32. The highest BCUT2D eigenvalue weighted by molar-refractivity contribution is 8.00. The van der Waals surface area contributed by atoms with Crippen LogP contribution in [-0.4, -0.2) is 17.8 Å². The first-order chi connectivity index (χ1) is 7.13. The third-order valence-electron chi connectivity index (χ3n) is 1.92. The number of esters is 1. The van der Waals surface area contributed by atoms with E-state index in [4.69, 9.17) is 4.74 Å². The molecule has 1 aromatic rings. The van der Waals surface area contributed by atoms with Gasteiger partial charge in [0, 0.05) is 4.90 Å². The lowest BCUT2D eigenvalue weighted by molar-refractivity contribution is -0.142. The average Bonchev–Trinajstić information content (AvgIpc) is 2.18. The van der Waals surface area contributed by atoms with Gasteiger partial charge in [-0.1, -0.05) is 17.7 Å². The zero-order chi connectivity index (χ0) is 11.3. The number of carbonyl (C=O) groups is 1. The van der Waals surface area contributed by atoms with Gasteiger partial charge >= 0.3 is 5.97 Å². The van der Waals surface area contributed by atoms with Gasteiger partial charge in [0.15, 0.2) is 0 Å². The van der Waals surface area contributed by atoms with Gasteiger partial charge < -0.3 is 4.74 Å². The van der Waals surface area contributed by atoms with Gasteiger partial charge in [0.1, 0.15) is 5.25 Å². The highest BCUT2D eigenvalue weighted by Gasteiger charge is 2.14. The fourth-order valence-corrected chi connectivity index (χ4v) is 2.18. The van der Waals surface area contributed by atoms with E-state index < -0.39 is 0 Å². The van der Waals surface area contributed by atoms with Gasteiger partial charge in [-0.15, -0.1) is 11.8 Å². The maximum absolute atomic E-state index is 11.4. The summed E-state index contributed by atoms with van der Waals surface area (Å²) in [7, 11) is 0. The minimum atomic E-state index is -0.149. The van der Waals surface area contributed by atoms with E-state index in [9.17, 15) is 4.79 Å². The Bertz CT molecular complexity index is 336. The quantitative estimate of drug-likeness (QED) is 0.581. The van der Waals surface area contributed by atoms with Crippen LogP contribution in [0.15, 0.2) is 29.2 Å². The molecule has 0 aliphatic carbocycles. The third-order valence-corrected chi connectivity index (χ3v) is 2.99. The lowest BCUT2D eigenvalue weighted by Crippen LogP contribution is -2.16. The Morgan fingerprint density at radius 3 is 2.87 bits per heavy atom. The molecule has 0 saturated heterocycles. The normalized spacial score (nSPS) is 12.2. The van der Waals surface area contributed by atoms with Gasteiger partial charge in [-0.25, -0.2) is 0 Å². The molecule has 1 atom stereocenters. The van der Waals surface area contributed by atoms with E-state index in [1.165, 1.54) is 17.3 Å². The molecule has 0 amide bonds. The van der Waals surface area contributed by atoms with Crippen LogP contribution < -0.4 is 0 Å². The Balaban J connectivity index is 2.58. The molecule has 3 heteroatoms. The van der Waals surface area contributed by atoms with Crippen LogP contribution in [-0.2, 0) is 9.53 Å². The molecule has 1 aromatic carbocycles. The monoisotopic (exact) mass is 224 g/mol. The Hall–Kier alpha value is -0.960. The summed E-state index contributed by atoms with van der Waals surface area (Å²) >= 11 is 1.53. The molecule has 0 fully saturated rings. The topological polar surface area (TPSA) is 26.3 Å². The van der Waals surface area contributed by atoms with E-state index in [-0.39, 0.29) is 11.2 Å². The summed E-state index contributed by atoms with van der Waals surface area (Å²) in [5.41, 5.74) is 1.20. The molecule has 0 saturated carbocycles. The van der Waals surface area contributed by atoms with Crippen LogP contribution in [0.4, 0.5) is 0 Å². The van der Waals surface area contributed by atoms with Crippen LogP contribution in [0.3, 0.4) is 0 Å². The summed E-state index contributed by atoms with van der Waals surface area (Å²) in [6.07, 6.45) is 0. The van der Waals surface area contributed by atoms with Crippen molar-refractivity contribution in [1.29, 1.82) is 0 Å². The molecule has 82 valence electrons. The molecule has 0 spiro atoms. The highest BCUT2D eigenvalue weighted by atomic mass is 32.2. The van der Waals surface area contributed by atoms with Gasteiger partial charge in [-0.3, -0.25) is 4.79 Å². The van der Waals surface area contributed by atoms with E-state index in [0.29, 0.717) is 6.61 Å². The van der Waals surface area contributed by atoms with Gasteiger partial charge in [0.25, 0.3) is 0 Å². The number of ether oxygens (including phenoxy) is 1. The molecule has 0 aromatic heterocycles. The predicted octanol–water partition coefficient (Wildman–Crippen LogP) is 3.04. The number of benzene rings is 1. The Morgan fingerprint density at radius 2 is 2.27 bits per heavy atom. The Morgan fingerprint density at radius 1 is 1.53 bits per heavy atom. The van der Waals surface area contributed by atoms with Crippen LogP contribution in [0.5, 0.6) is 0 Å². The smallest absolute Gasteiger partial charge is 0.319 e. The molecule has 0 N–H and O–H groups in total. The summed E-state index contributed by atoms with van der Waals surface area (Å²) in [4.78, 5) is 12.5. The van der Waals surface area contributed by atoms with Crippen molar-refractivity contribution in [1.82, 2.24) is 0 Å². The molecule has 0 bridgehead atoms. The van der Waals surface area contributed by atoms with E-state index >= 15 is 0 Å². The first kappa shape index (κ1) is 12.1. The number of carbonyl (C=O) groups excluding carboxylic acids is 1. The van der Waals surface area contributed by atoms with E-state index in [0.717, 1.165) is 4.90 Å². The average molecular weight is 224 g/mol. The molecule has 0 aliphatic heterocycles. The summed E-state index contributed by atoms with van der Waals surface area (Å²) < 4.78 is 4.95. The fraction of sp³-hybridized carbons (Fsp3) is 0.417. The van der Waals surface area contributed by atoms with Crippen molar-refractivity contribution in [2.24, 2.45) is 0 Å². The van der Waals surface area contributed by atoms with E-state index in [2.05, 4.69) is 6.07 Å². The van der Waals surface area contributed by atoms with Crippen molar-refractivity contribution in [2.45, 2.75) is 30.9 Å². The summed E-state index contributed by atoms with van der Waals surface area (Å²) in [5, 5.41) is -0.147. The standard InChI is InChI=1S/C12H16O2S/c1-4-14-12(13)10(3)15-11-7-5-6-9(2)8-11/h5-8,10H,4H2,1-3H3/t10-/m1/s1. The van der Waals surface area contributed by atoms with Gasteiger partial charge in [-0.05, 0) is 32.9 Å². The lowest BCUT2D eigenvalue weighted by Gasteiger charge is -2.10. The summed E-state index contributed by atoms with van der Waals surface area (Å²) in [6.45, 7) is 6.17. The van der Waals surface area contributed by atoms with Gasteiger partial charge in [0.2, 0.25) is 0 Å². The Labute approximate surface area is 95.0 Å². The molecule has 15 heavy (non-hydrogen) atoms. The van der Waals surface area contributed by atoms with Crippen molar-refractivity contribution < 1.29 is 9.53 Å². The second-order valence-corrected chi connectivity index (χ2v) is 4.74. The predicted molar refractivity (Wildman–Crippen MR) is 63.1 cm³/mol. The number of aryl methyl sites for hydroxylation is 1. The summed E-state index contributed by atoms with van der Waals surface area (Å²) in [5.74, 6) is -0.149. The number of hydrogen-bond donors (Lipinski definition) is 0. The third kappa shape index (κ3) is 3.96. The fourth-order valence-electron chi connectivity index (χ4n) is 1.20. The van der Waals surface area contributed by atoms with Crippen LogP contribution in [0.2, 0.25) is 0 Å². The molecule has 2 nitrogen and oxygen atoms in total. The second kappa shape index (κ2) is 5.81. The lowest BCUT2D eigenvalue weighted by atomic mass is 10.2. The van der Waals surface area contributed by atoms with Crippen LogP contribution >= 0.6 is 11.8 Å². The molecule has 1 rings (SSSR count).